The van der Waals surface area contributed by atoms with E-state index in [0.717, 1.165) is 28.4 Å². The first kappa shape index (κ1) is 14.4. The molecule has 0 saturated carbocycles. The summed E-state index contributed by atoms with van der Waals surface area (Å²) in [5.41, 5.74) is 2.96. The Hall–Kier alpha value is -1.58. The average Bonchev–Trinajstić information content (AvgIpc) is 2.85. The first-order valence-corrected chi connectivity index (χ1v) is 7.75. The van der Waals surface area contributed by atoms with E-state index in [9.17, 15) is 0 Å². The lowest BCUT2D eigenvalue weighted by molar-refractivity contribution is 0.619. The Kier molecular flexibility index (Phi) is 4.13. The topological polar surface area (TPSA) is 30.7 Å². The third-order valence-corrected chi connectivity index (χ3v) is 4.02. The fraction of sp³-hybridized carbons (Fsp3) is 0.250. The number of benzene rings is 1. The van der Waals surface area contributed by atoms with E-state index in [2.05, 4.69) is 21.5 Å². The third-order valence-electron chi connectivity index (χ3n) is 3.58. The van der Waals surface area contributed by atoms with Gasteiger partial charge in [-0.3, -0.25) is 0 Å². The van der Waals surface area contributed by atoms with E-state index in [0.29, 0.717) is 5.88 Å². The molecule has 1 atom stereocenters. The first-order chi connectivity index (χ1) is 10.2. The Morgan fingerprint density at radius 3 is 2.67 bits per heavy atom. The molecule has 5 heteroatoms. The fourth-order valence-electron chi connectivity index (χ4n) is 2.53. The molecule has 2 aromatic heterocycles. The van der Waals surface area contributed by atoms with Gasteiger partial charge < -0.3 is 4.57 Å². The van der Waals surface area contributed by atoms with Gasteiger partial charge in [0.25, 0.3) is 0 Å². The second kappa shape index (κ2) is 6.04. The largest absolute Gasteiger partial charge is 0.305 e. The Bertz CT molecular complexity index is 750. The molecule has 3 rings (SSSR count). The van der Waals surface area contributed by atoms with Gasteiger partial charge in [0, 0.05) is 23.5 Å². The van der Waals surface area contributed by atoms with Crippen LogP contribution in [0.15, 0.2) is 42.6 Å². The van der Waals surface area contributed by atoms with Crippen LogP contribution >= 0.6 is 23.2 Å². The molecule has 0 fully saturated rings. The van der Waals surface area contributed by atoms with Gasteiger partial charge in [-0.1, -0.05) is 23.7 Å². The second-order valence-electron chi connectivity index (χ2n) is 4.91. The van der Waals surface area contributed by atoms with Crippen LogP contribution in [0, 0.1) is 0 Å². The number of imidazole rings is 1. The van der Waals surface area contributed by atoms with Crippen LogP contribution in [-0.2, 0) is 6.42 Å². The number of fused-ring (bicyclic) bond motifs is 1. The standard InChI is InChI=1S/C16H15Cl2N3/c1-11(12-4-6-13(18)7-5-12)21-15(8-9-17)20-14-3-2-10-19-16(14)21/h2-7,10-11H,8-9H2,1H3. The Labute approximate surface area is 133 Å². The van der Waals surface area contributed by atoms with Crippen molar-refractivity contribution < 1.29 is 0 Å². The quantitative estimate of drug-likeness (QED) is 0.664. The summed E-state index contributed by atoms with van der Waals surface area (Å²) in [4.78, 5) is 9.14. The summed E-state index contributed by atoms with van der Waals surface area (Å²) in [6.07, 6.45) is 2.51. The highest BCUT2D eigenvalue weighted by atomic mass is 35.5. The van der Waals surface area contributed by atoms with E-state index in [-0.39, 0.29) is 6.04 Å². The van der Waals surface area contributed by atoms with E-state index in [1.54, 1.807) is 6.20 Å². The maximum absolute atomic E-state index is 5.97. The molecule has 0 spiro atoms. The first-order valence-electron chi connectivity index (χ1n) is 6.84. The zero-order chi connectivity index (χ0) is 14.8. The molecule has 0 radical (unpaired) electrons. The predicted molar refractivity (Wildman–Crippen MR) is 87.2 cm³/mol. The highest BCUT2D eigenvalue weighted by Crippen LogP contribution is 2.26. The van der Waals surface area contributed by atoms with Crippen LogP contribution in [0.25, 0.3) is 11.2 Å². The van der Waals surface area contributed by atoms with E-state index in [1.807, 2.05) is 36.4 Å². The summed E-state index contributed by atoms with van der Waals surface area (Å²) in [6.45, 7) is 2.14. The minimum absolute atomic E-state index is 0.125. The van der Waals surface area contributed by atoms with Crippen molar-refractivity contribution in [2.75, 3.05) is 5.88 Å². The molecule has 0 amide bonds. The molecule has 0 aliphatic heterocycles. The second-order valence-corrected chi connectivity index (χ2v) is 5.73. The van der Waals surface area contributed by atoms with Gasteiger partial charge in [-0.15, -0.1) is 11.6 Å². The van der Waals surface area contributed by atoms with Gasteiger partial charge in [0.15, 0.2) is 5.65 Å². The van der Waals surface area contributed by atoms with Gasteiger partial charge >= 0.3 is 0 Å². The van der Waals surface area contributed by atoms with Crippen molar-refractivity contribution in [3.05, 3.63) is 59.0 Å². The van der Waals surface area contributed by atoms with Gasteiger partial charge in [0.1, 0.15) is 11.3 Å². The van der Waals surface area contributed by atoms with Crippen LogP contribution in [0.1, 0.15) is 24.4 Å². The Morgan fingerprint density at radius 2 is 1.95 bits per heavy atom. The summed E-state index contributed by atoms with van der Waals surface area (Å²) < 4.78 is 2.15. The van der Waals surface area contributed by atoms with Crippen LogP contribution in [-0.4, -0.2) is 20.4 Å². The summed E-state index contributed by atoms with van der Waals surface area (Å²) in [7, 11) is 0. The van der Waals surface area contributed by atoms with Crippen LogP contribution in [0.2, 0.25) is 5.02 Å². The maximum atomic E-state index is 5.97. The number of aromatic nitrogens is 3. The maximum Gasteiger partial charge on any atom is 0.160 e. The molecule has 0 aliphatic carbocycles. The smallest absolute Gasteiger partial charge is 0.160 e. The highest BCUT2D eigenvalue weighted by molar-refractivity contribution is 6.30. The van der Waals surface area contributed by atoms with E-state index in [4.69, 9.17) is 23.2 Å². The molecule has 108 valence electrons. The minimum atomic E-state index is 0.125. The molecule has 1 unspecified atom stereocenters. The normalized spacial score (nSPS) is 12.7. The molecule has 0 N–H and O–H groups in total. The fourth-order valence-corrected chi connectivity index (χ4v) is 2.83. The number of rotatable bonds is 4. The van der Waals surface area contributed by atoms with Crippen LogP contribution < -0.4 is 0 Å². The van der Waals surface area contributed by atoms with Crippen molar-refractivity contribution in [3.63, 3.8) is 0 Å². The van der Waals surface area contributed by atoms with Crippen molar-refractivity contribution in [3.8, 4) is 0 Å². The Balaban J connectivity index is 2.13. The predicted octanol–water partition coefficient (Wildman–Crippen LogP) is 4.48. The van der Waals surface area contributed by atoms with Crippen molar-refractivity contribution in [2.24, 2.45) is 0 Å². The zero-order valence-electron chi connectivity index (χ0n) is 11.6. The monoisotopic (exact) mass is 319 g/mol. The zero-order valence-corrected chi connectivity index (χ0v) is 13.1. The van der Waals surface area contributed by atoms with E-state index >= 15 is 0 Å². The lowest BCUT2D eigenvalue weighted by atomic mass is 10.1. The van der Waals surface area contributed by atoms with Crippen molar-refractivity contribution in [2.45, 2.75) is 19.4 Å². The molecule has 0 bridgehead atoms. The molecule has 3 aromatic rings. The van der Waals surface area contributed by atoms with Gasteiger partial charge in [-0.25, -0.2) is 9.97 Å². The minimum Gasteiger partial charge on any atom is -0.305 e. The lowest BCUT2D eigenvalue weighted by Crippen LogP contribution is -2.11. The highest BCUT2D eigenvalue weighted by Gasteiger charge is 2.17. The number of pyridine rings is 1. The number of halogens is 2. The molecule has 0 aliphatic rings. The van der Waals surface area contributed by atoms with E-state index < -0.39 is 0 Å². The number of nitrogens with zero attached hydrogens (tertiary/aromatic N) is 3. The molecular formula is C16H15Cl2N3. The van der Waals surface area contributed by atoms with Crippen LogP contribution in [0.5, 0.6) is 0 Å². The van der Waals surface area contributed by atoms with Crippen molar-refractivity contribution >= 4 is 34.4 Å². The Morgan fingerprint density at radius 1 is 1.19 bits per heavy atom. The number of alkyl halides is 1. The van der Waals surface area contributed by atoms with Crippen LogP contribution in [0.4, 0.5) is 0 Å². The van der Waals surface area contributed by atoms with Gasteiger partial charge in [0.05, 0.1) is 6.04 Å². The molecule has 21 heavy (non-hydrogen) atoms. The molecular weight excluding hydrogens is 305 g/mol. The van der Waals surface area contributed by atoms with Crippen molar-refractivity contribution in [1.29, 1.82) is 0 Å². The summed E-state index contributed by atoms with van der Waals surface area (Å²) in [5.74, 6) is 1.50. The summed E-state index contributed by atoms with van der Waals surface area (Å²) >= 11 is 11.9. The SMILES string of the molecule is CC(c1ccc(Cl)cc1)n1c(CCCl)nc2cccnc21. The van der Waals surface area contributed by atoms with Gasteiger partial charge in [-0.05, 0) is 36.8 Å². The number of aryl methyl sites for hydroxylation is 1. The summed E-state index contributed by atoms with van der Waals surface area (Å²) in [6, 6.07) is 11.9. The average molecular weight is 320 g/mol. The lowest BCUT2D eigenvalue weighted by Gasteiger charge is -2.17. The van der Waals surface area contributed by atoms with Crippen molar-refractivity contribution in [1.82, 2.24) is 14.5 Å². The number of hydrogen-bond donors (Lipinski definition) is 0. The number of hydrogen-bond acceptors (Lipinski definition) is 2. The third kappa shape index (κ3) is 2.76. The van der Waals surface area contributed by atoms with Gasteiger partial charge in [-0.2, -0.15) is 0 Å². The van der Waals surface area contributed by atoms with E-state index in [1.165, 1.54) is 5.56 Å². The molecule has 3 nitrogen and oxygen atoms in total. The van der Waals surface area contributed by atoms with Gasteiger partial charge in [0.2, 0.25) is 0 Å². The molecule has 0 saturated heterocycles. The summed E-state index contributed by atoms with van der Waals surface area (Å²) in [5, 5.41) is 0.737. The molecule has 2 heterocycles. The van der Waals surface area contributed by atoms with Crippen LogP contribution in [0.3, 0.4) is 0 Å². The molecule has 1 aromatic carbocycles.